The molecule has 0 aliphatic rings. The summed E-state index contributed by atoms with van der Waals surface area (Å²) < 4.78 is 28.6. The molecule has 0 atom stereocenters. The molecular weight excluding hydrogens is 1530 g/mol. The number of nitrogens with zero attached hydrogens (tertiary/aromatic N) is 25. The minimum Gasteiger partial charge on any atom is -0.383 e. The first-order valence-corrected chi connectivity index (χ1v) is 36.6. The highest BCUT2D eigenvalue weighted by molar-refractivity contribution is 6.37. The van der Waals surface area contributed by atoms with Crippen LogP contribution in [0, 0.1) is 20.8 Å². The lowest BCUT2D eigenvalue weighted by atomic mass is 10.3. The van der Waals surface area contributed by atoms with Gasteiger partial charge in [-0.05, 0) is 54.9 Å². The number of rotatable bonds is 21. The van der Waals surface area contributed by atoms with Gasteiger partial charge in [-0.15, -0.1) is 0 Å². The molecule has 0 radical (unpaired) electrons. The zero-order valence-electron chi connectivity index (χ0n) is 61.9. The van der Waals surface area contributed by atoms with Crippen LogP contribution >= 0.6 is 81.2 Å². The summed E-state index contributed by atoms with van der Waals surface area (Å²) in [5, 5.41) is 45.7. The standard InChI is InChI=1S/C15H19ClN6.C14H17ClN6O.C14H17ClN6.C13H14Cl2N6O.C13H14Cl2N6/c1-4-5-6-22-9-13(10(2)20-22)18-15-17-7-11-12(16)8-21(3)14(11)19-15;1-9-12(8-21(19-9)4-5-22-3)17-14-16-6-10-11(15)7-20(2)13(10)18-14;1-8(2)21-7-12(9(3)19-21)17-14-16-5-10-11(15)6-20(4)13(10)18-14;1-20-6-9(14)8-5-16-13(18-12(8)20)17-10-7-21(3-4-22-2)19-11(10)15;1-7(2)21-6-10(11(15)19-21)17-13-16-4-8-9(14)5-20(3)12(8)18-13/h7-9H,4-6H2,1-3H3,(H,17,18,19);6-8H,4-5H2,1-3H3,(H,16,17,18);5-8H,1-4H3,(H,16,17,18);5-7H,3-4H2,1-2H3,(H,16,17,18);4-7H,1-3H3,(H,16,17,18). The van der Waals surface area contributed by atoms with Gasteiger partial charge in [0.15, 0.2) is 10.3 Å². The number of aryl methyl sites for hydroxylation is 9. The molecule has 0 unspecified atom stereocenters. The molecule has 0 aliphatic heterocycles. The van der Waals surface area contributed by atoms with Crippen LogP contribution in [0.25, 0.3) is 55.2 Å². The van der Waals surface area contributed by atoms with E-state index in [1.807, 2.05) is 150 Å². The van der Waals surface area contributed by atoms with Gasteiger partial charge in [0, 0.05) is 149 Å². The Hall–Kier alpha value is -9.90. The summed E-state index contributed by atoms with van der Waals surface area (Å²) in [5.74, 6) is 2.47. The van der Waals surface area contributed by atoms with E-state index in [2.05, 4.69) is 123 Å². The van der Waals surface area contributed by atoms with Crippen molar-refractivity contribution in [3.8, 4) is 0 Å². The van der Waals surface area contributed by atoms with Crippen LogP contribution in [0.15, 0.2) is 93.0 Å². The summed E-state index contributed by atoms with van der Waals surface area (Å²) in [7, 11) is 12.8. The van der Waals surface area contributed by atoms with Gasteiger partial charge in [-0.2, -0.15) is 50.4 Å². The normalized spacial score (nSPS) is 11.4. The molecule has 0 spiro atoms. The molecule has 0 amide bonds. The lowest BCUT2D eigenvalue weighted by Gasteiger charge is -2.04. The molecule has 5 N–H and O–H groups in total. The molecule has 15 aromatic rings. The number of anilines is 10. The van der Waals surface area contributed by atoms with Crippen LogP contribution in [0.1, 0.15) is 76.6 Å². The van der Waals surface area contributed by atoms with Gasteiger partial charge in [-0.3, -0.25) is 23.4 Å². The Kier molecular flexibility index (Phi) is 25.6. The molecule has 15 aromatic heterocycles. The number of unbranched alkanes of at least 4 members (excludes halogenated alkanes) is 1. The van der Waals surface area contributed by atoms with E-state index in [0.717, 1.165) is 109 Å². The summed E-state index contributed by atoms with van der Waals surface area (Å²) in [6.45, 7) is 19.7. The molecule has 0 aromatic carbocycles. The fraction of sp³-hybridized carbons (Fsp3) is 0.348. The summed E-state index contributed by atoms with van der Waals surface area (Å²) in [5.41, 5.74) is 10.6. The van der Waals surface area contributed by atoms with E-state index in [9.17, 15) is 0 Å². The Morgan fingerprint density at radius 1 is 0.352 bits per heavy atom. The number of halogens is 7. The number of hydrogen-bond acceptors (Lipinski definition) is 22. The lowest BCUT2D eigenvalue weighted by molar-refractivity contribution is 0.183. The maximum absolute atomic E-state index is 6.13. The second-order valence-electron chi connectivity index (χ2n) is 25.5. The first kappa shape index (κ1) is 79.2. The summed E-state index contributed by atoms with van der Waals surface area (Å²) in [6.07, 6.45) is 29.4. The highest BCUT2D eigenvalue weighted by Crippen LogP contribution is 2.32. The highest BCUT2D eigenvalue weighted by Gasteiger charge is 2.19. The predicted molar refractivity (Wildman–Crippen MR) is 429 cm³/mol. The van der Waals surface area contributed by atoms with Crippen molar-refractivity contribution in [2.45, 2.75) is 99.9 Å². The summed E-state index contributed by atoms with van der Waals surface area (Å²) in [6, 6.07) is 0.544. The molecule has 0 saturated heterocycles. The van der Waals surface area contributed by atoms with Gasteiger partial charge in [0.2, 0.25) is 29.7 Å². The molecule has 0 bridgehead atoms. The summed E-state index contributed by atoms with van der Waals surface area (Å²) >= 11 is 42.8. The third-order valence-corrected chi connectivity index (χ3v) is 18.7. The van der Waals surface area contributed by atoms with Crippen molar-refractivity contribution in [3.05, 3.63) is 145 Å². The second-order valence-corrected chi connectivity index (χ2v) is 28.3. The smallest absolute Gasteiger partial charge is 0.229 e. The molecule has 0 fully saturated rings. The van der Waals surface area contributed by atoms with E-state index in [-0.39, 0.29) is 6.04 Å². The number of fused-ring (bicyclic) bond motifs is 5. The van der Waals surface area contributed by atoms with E-state index < -0.39 is 0 Å². The highest BCUT2D eigenvalue weighted by atomic mass is 35.5. The minimum absolute atomic E-state index is 0.230. The van der Waals surface area contributed by atoms with E-state index in [1.165, 1.54) is 0 Å². The molecule has 15 rings (SSSR count). The Morgan fingerprint density at radius 2 is 0.620 bits per heavy atom. The van der Waals surface area contributed by atoms with Crippen LogP contribution in [0.5, 0.6) is 0 Å². The third kappa shape index (κ3) is 18.8. The molecular formula is C69H81Cl7N30O2. The third-order valence-electron chi connectivity index (χ3n) is 16.6. The number of nitrogens with one attached hydrogen (secondary N) is 5. The number of aromatic nitrogens is 25. The van der Waals surface area contributed by atoms with Crippen molar-refractivity contribution in [1.29, 1.82) is 0 Å². The Labute approximate surface area is 656 Å². The van der Waals surface area contributed by atoms with Crippen molar-refractivity contribution < 1.29 is 9.47 Å². The Bertz CT molecular complexity index is 5160. The number of ether oxygens (including phenoxy) is 2. The fourth-order valence-electron chi connectivity index (χ4n) is 10.8. The van der Waals surface area contributed by atoms with E-state index in [4.69, 9.17) is 90.7 Å². The molecule has 0 saturated carbocycles. The SMILES string of the molecule is CC(C)n1cc(Nc2ncc3c(Cl)cn(C)c3n2)c(Cl)n1.CCCCn1cc(Nc2ncc3c(Cl)cn(C)c3n2)c(C)n1.COCCn1cc(Nc2ncc3c(Cl)cn(C)c3n2)c(C)n1.COCCn1cc(Nc2ncc3c(Cl)cn(C)c3n2)c(Cl)n1.Cc1nn(C(C)C)cc1Nc1ncc2c(Cl)cn(C)c2n1. The largest absolute Gasteiger partial charge is 0.383 e. The first-order chi connectivity index (χ1) is 51.6. The lowest BCUT2D eigenvalue weighted by Crippen LogP contribution is -2.04. The van der Waals surface area contributed by atoms with Crippen LogP contribution in [0.2, 0.25) is 35.4 Å². The molecule has 32 nitrogen and oxygen atoms in total. The van der Waals surface area contributed by atoms with Crippen LogP contribution in [0.3, 0.4) is 0 Å². The van der Waals surface area contributed by atoms with Gasteiger partial charge in [-0.1, -0.05) is 94.6 Å². The van der Waals surface area contributed by atoms with Crippen LogP contribution in [0.4, 0.5) is 58.2 Å². The zero-order valence-corrected chi connectivity index (χ0v) is 67.2. The van der Waals surface area contributed by atoms with Crippen molar-refractivity contribution in [2.24, 2.45) is 35.2 Å². The first-order valence-electron chi connectivity index (χ1n) is 34.0. The summed E-state index contributed by atoms with van der Waals surface area (Å²) in [4.78, 5) is 43.9. The van der Waals surface area contributed by atoms with Crippen molar-refractivity contribution in [2.75, 3.05) is 54.0 Å². The quantitative estimate of drug-likeness (QED) is 0.0446. The van der Waals surface area contributed by atoms with Crippen molar-refractivity contribution in [1.82, 2.24) is 122 Å². The van der Waals surface area contributed by atoms with Gasteiger partial charge in [0.1, 0.15) is 28.2 Å². The van der Waals surface area contributed by atoms with Crippen LogP contribution in [-0.2, 0) is 64.3 Å². The minimum atomic E-state index is 0.230. The molecule has 568 valence electrons. The maximum Gasteiger partial charge on any atom is 0.229 e. The number of methoxy groups -OCH3 is 2. The predicted octanol–water partition coefficient (Wildman–Crippen LogP) is 16.3. The van der Waals surface area contributed by atoms with E-state index in [1.54, 1.807) is 73.2 Å². The average Bonchev–Trinajstić information content (AvgIpc) is 1.68. The van der Waals surface area contributed by atoms with Gasteiger partial charge in [-0.25, -0.2) is 24.9 Å². The zero-order chi connectivity index (χ0) is 77.4. The Morgan fingerprint density at radius 3 is 0.935 bits per heavy atom. The van der Waals surface area contributed by atoms with Crippen LogP contribution < -0.4 is 26.6 Å². The molecule has 108 heavy (non-hydrogen) atoms. The van der Waals surface area contributed by atoms with Gasteiger partial charge >= 0.3 is 0 Å². The maximum atomic E-state index is 6.13. The Balaban J connectivity index is 0.000000134. The van der Waals surface area contributed by atoms with Gasteiger partial charge in [0.05, 0.1) is 136 Å². The second kappa shape index (κ2) is 35.0. The van der Waals surface area contributed by atoms with Crippen LogP contribution in [-0.4, -0.2) is 149 Å². The van der Waals surface area contributed by atoms with E-state index >= 15 is 0 Å². The van der Waals surface area contributed by atoms with Gasteiger partial charge < -0.3 is 58.9 Å². The molecule has 39 heteroatoms. The van der Waals surface area contributed by atoms with Gasteiger partial charge in [0.25, 0.3) is 0 Å². The topological polar surface area (TPSA) is 321 Å². The van der Waals surface area contributed by atoms with Crippen molar-refractivity contribution in [3.63, 3.8) is 0 Å². The fourth-order valence-corrected chi connectivity index (χ4v) is 12.6. The van der Waals surface area contributed by atoms with E-state index in [0.29, 0.717) is 109 Å². The van der Waals surface area contributed by atoms with Crippen molar-refractivity contribution >= 4 is 195 Å². The molecule has 15 heterocycles. The molecule has 0 aliphatic carbocycles. The number of hydrogen-bond donors (Lipinski definition) is 5. The average molecular weight is 1610 g/mol. The monoisotopic (exact) mass is 1610 g/mol.